The van der Waals surface area contributed by atoms with Crippen molar-refractivity contribution in [2.24, 2.45) is 0 Å². The Morgan fingerprint density at radius 1 is 1.00 bits per heavy atom. The van der Waals surface area contributed by atoms with Crippen LogP contribution in [-0.4, -0.2) is 26.1 Å². The number of aromatic nitrogens is 2. The minimum Gasteiger partial charge on any atom is -0.348 e. The molecule has 0 bridgehead atoms. The molecule has 0 saturated heterocycles. The van der Waals surface area contributed by atoms with Gasteiger partial charge in [0.2, 0.25) is 0 Å². The predicted octanol–water partition coefficient (Wildman–Crippen LogP) is 3.69. The highest BCUT2D eigenvalue weighted by molar-refractivity contribution is 7.80. The van der Waals surface area contributed by atoms with Crippen LogP contribution in [0.15, 0.2) is 73.2 Å². The maximum absolute atomic E-state index is 5.73. The standard InChI is InChI=1S/C19H18N4S/c24-19(21-16-5-2-1-3-6-16)23-14-13-22-12-4-7-17(22)18(23)15-8-10-20-11-9-15/h1-12,18H,13-14H2,(H,21,24)/t18-/m0/s1. The van der Waals surface area contributed by atoms with E-state index in [4.69, 9.17) is 12.2 Å². The van der Waals surface area contributed by atoms with Gasteiger partial charge >= 0.3 is 0 Å². The normalized spacial score (nSPS) is 16.5. The highest BCUT2D eigenvalue weighted by atomic mass is 32.1. The summed E-state index contributed by atoms with van der Waals surface area (Å²) in [5.41, 5.74) is 3.46. The fraction of sp³-hybridized carbons (Fsp3) is 0.158. The molecule has 0 aliphatic carbocycles. The second-order valence-corrected chi connectivity index (χ2v) is 6.19. The first-order chi connectivity index (χ1) is 11.8. The summed E-state index contributed by atoms with van der Waals surface area (Å²) in [7, 11) is 0. The van der Waals surface area contributed by atoms with E-state index in [0.29, 0.717) is 0 Å². The number of pyridine rings is 1. The quantitative estimate of drug-likeness (QED) is 0.725. The van der Waals surface area contributed by atoms with Crippen LogP contribution in [-0.2, 0) is 6.54 Å². The molecule has 24 heavy (non-hydrogen) atoms. The van der Waals surface area contributed by atoms with Crippen molar-refractivity contribution < 1.29 is 0 Å². The third-order valence-electron chi connectivity index (χ3n) is 4.35. The number of para-hydroxylation sites is 1. The Balaban J connectivity index is 1.67. The van der Waals surface area contributed by atoms with Crippen molar-refractivity contribution in [1.82, 2.24) is 14.5 Å². The summed E-state index contributed by atoms with van der Waals surface area (Å²) in [4.78, 5) is 6.40. The van der Waals surface area contributed by atoms with Gasteiger partial charge < -0.3 is 14.8 Å². The fourth-order valence-electron chi connectivity index (χ4n) is 3.22. The number of fused-ring (bicyclic) bond motifs is 1. The van der Waals surface area contributed by atoms with Crippen molar-refractivity contribution in [2.75, 3.05) is 11.9 Å². The van der Waals surface area contributed by atoms with Crippen molar-refractivity contribution in [3.63, 3.8) is 0 Å². The molecule has 4 nitrogen and oxygen atoms in total. The Labute approximate surface area is 146 Å². The largest absolute Gasteiger partial charge is 0.348 e. The Bertz CT molecular complexity index is 829. The zero-order valence-corrected chi connectivity index (χ0v) is 14.0. The van der Waals surface area contributed by atoms with Gasteiger partial charge in [0, 0.05) is 43.1 Å². The molecule has 1 aromatic carbocycles. The highest BCUT2D eigenvalue weighted by Crippen LogP contribution is 2.32. The number of nitrogens with zero attached hydrogens (tertiary/aromatic N) is 3. The first-order valence-corrected chi connectivity index (χ1v) is 8.41. The summed E-state index contributed by atoms with van der Waals surface area (Å²) < 4.78 is 2.30. The van der Waals surface area contributed by atoms with Gasteiger partial charge in [-0.1, -0.05) is 18.2 Å². The van der Waals surface area contributed by atoms with Crippen LogP contribution in [0, 0.1) is 0 Å². The molecule has 3 heterocycles. The number of thiocarbonyl (C=S) groups is 1. The van der Waals surface area contributed by atoms with E-state index in [9.17, 15) is 0 Å². The molecule has 4 rings (SSSR count). The van der Waals surface area contributed by atoms with Crippen LogP contribution >= 0.6 is 12.2 Å². The minimum absolute atomic E-state index is 0.0977. The summed E-state index contributed by atoms with van der Waals surface area (Å²) in [6.45, 7) is 1.80. The van der Waals surface area contributed by atoms with Gasteiger partial charge in [0.15, 0.2) is 5.11 Å². The lowest BCUT2D eigenvalue weighted by Gasteiger charge is -2.39. The molecule has 2 aromatic heterocycles. The molecule has 0 radical (unpaired) electrons. The monoisotopic (exact) mass is 334 g/mol. The average Bonchev–Trinajstić information content (AvgIpc) is 3.11. The lowest BCUT2D eigenvalue weighted by atomic mass is 10.0. The second kappa shape index (κ2) is 6.45. The summed E-state index contributed by atoms with van der Waals surface area (Å²) in [5, 5.41) is 4.11. The lowest BCUT2D eigenvalue weighted by molar-refractivity contribution is 0.293. The maximum Gasteiger partial charge on any atom is 0.174 e. The van der Waals surface area contributed by atoms with E-state index in [1.807, 2.05) is 42.7 Å². The van der Waals surface area contributed by atoms with Gasteiger partial charge in [0.05, 0.1) is 6.04 Å². The SMILES string of the molecule is S=C(Nc1ccccc1)N1CCn2cccc2[C@@H]1c1ccncc1. The van der Waals surface area contributed by atoms with Crippen LogP contribution in [0.25, 0.3) is 0 Å². The minimum atomic E-state index is 0.0977. The van der Waals surface area contributed by atoms with E-state index < -0.39 is 0 Å². The molecule has 1 aliphatic heterocycles. The highest BCUT2D eigenvalue weighted by Gasteiger charge is 2.30. The zero-order valence-electron chi connectivity index (χ0n) is 13.2. The molecule has 1 aliphatic rings. The zero-order chi connectivity index (χ0) is 16.4. The van der Waals surface area contributed by atoms with E-state index >= 15 is 0 Å². The number of hydrogen-bond donors (Lipinski definition) is 1. The third kappa shape index (κ3) is 2.78. The molecule has 0 fully saturated rings. The van der Waals surface area contributed by atoms with Gasteiger partial charge in [-0.3, -0.25) is 4.98 Å². The van der Waals surface area contributed by atoms with Crippen LogP contribution in [0.5, 0.6) is 0 Å². The number of benzene rings is 1. The average molecular weight is 334 g/mol. The molecule has 120 valence electrons. The van der Waals surface area contributed by atoms with E-state index in [-0.39, 0.29) is 6.04 Å². The third-order valence-corrected chi connectivity index (χ3v) is 4.68. The van der Waals surface area contributed by atoms with Gasteiger partial charge in [0.1, 0.15) is 0 Å². The molecule has 0 spiro atoms. The number of rotatable bonds is 2. The van der Waals surface area contributed by atoms with Crippen LogP contribution < -0.4 is 5.32 Å². The van der Waals surface area contributed by atoms with Crippen LogP contribution in [0.3, 0.4) is 0 Å². The Hall–Kier alpha value is -2.66. The van der Waals surface area contributed by atoms with Crippen LogP contribution in [0.1, 0.15) is 17.3 Å². The van der Waals surface area contributed by atoms with Gasteiger partial charge in [-0.25, -0.2) is 0 Å². The molecule has 3 aromatic rings. The summed E-state index contributed by atoms with van der Waals surface area (Å²) in [6.07, 6.45) is 5.81. The van der Waals surface area contributed by atoms with Gasteiger partial charge in [-0.2, -0.15) is 0 Å². The maximum atomic E-state index is 5.73. The van der Waals surface area contributed by atoms with Gasteiger partial charge in [0.25, 0.3) is 0 Å². The second-order valence-electron chi connectivity index (χ2n) is 5.80. The number of hydrogen-bond acceptors (Lipinski definition) is 2. The number of anilines is 1. The van der Waals surface area contributed by atoms with Crippen LogP contribution in [0.2, 0.25) is 0 Å². The van der Waals surface area contributed by atoms with E-state index in [1.165, 1.54) is 11.3 Å². The smallest absolute Gasteiger partial charge is 0.174 e. The molecule has 0 unspecified atom stereocenters. The first kappa shape index (κ1) is 14.9. The summed E-state index contributed by atoms with van der Waals surface area (Å²) in [5.74, 6) is 0. The van der Waals surface area contributed by atoms with Crippen LogP contribution in [0.4, 0.5) is 5.69 Å². The topological polar surface area (TPSA) is 33.1 Å². The molecule has 1 N–H and O–H groups in total. The van der Waals surface area contributed by atoms with Crippen molar-refractivity contribution in [2.45, 2.75) is 12.6 Å². The Kier molecular flexibility index (Phi) is 4.01. The molecule has 1 atom stereocenters. The summed E-state index contributed by atoms with van der Waals surface area (Å²) >= 11 is 5.73. The van der Waals surface area contributed by atoms with Crippen molar-refractivity contribution in [3.8, 4) is 0 Å². The van der Waals surface area contributed by atoms with Crippen molar-refractivity contribution >= 4 is 23.0 Å². The lowest BCUT2D eigenvalue weighted by Crippen LogP contribution is -2.44. The number of nitrogens with one attached hydrogen (secondary N) is 1. The van der Waals surface area contributed by atoms with Crippen molar-refractivity contribution in [3.05, 3.63) is 84.4 Å². The van der Waals surface area contributed by atoms with Crippen molar-refractivity contribution in [1.29, 1.82) is 0 Å². The van der Waals surface area contributed by atoms with E-state index in [0.717, 1.165) is 23.9 Å². The Morgan fingerprint density at radius 3 is 2.58 bits per heavy atom. The molecule has 0 saturated carbocycles. The molecular weight excluding hydrogens is 316 g/mol. The molecule has 0 amide bonds. The molecular formula is C19H18N4S. The fourth-order valence-corrected chi connectivity index (χ4v) is 3.53. The summed E-state index contributed by atoms with van der Waals surface area (Å²) in [6, 6.07) is 18.6. The first-order valence-electron chi connectivity index (χ1n) is 8.00. The van der Waals surface area contributed by atoms with E-state index in [1.54, 1.807) is 0 Å². The molecule has 5 heteroatoms. The van der Waals surface area contributed by atoms with Gasteiger partial charge in [-0.15, -0.1) is 0 Å². The Morgan fingerprint density at radius 2 is 1.79 bits per heavy atom. The van der Waals surface area contributed by atoms with E-state index in [2.05, 4.69) is 50.2 Å². The predicted molar refractivity (Wildman–Crippen MR) is 99.9 cm³/mol. The van der Waals surface area contributed by atoms with Gasteiger partial charge in [-0.05, 0) is 54.2 Å².